The van der Waals surface area contributed by atoms with E-state index >= 15 is 0 Å². The summed E-state index contributed by atoms with van der Waals surface area (Å²) in [5.41, 5.74) is 1.24. The van der Waals surface area contributed by atoms with Crippen molar-refractivity contribution in [2.75, 3.05) is 53.9 Å². The summed E-state index contributed by atoms with van der Waals surface area (Å²) in [6.07, 6.45) is 0.493. The zero-order valence-corrected chi connectivity index (χ0v) is 28.5. The Morgan fingerprint density at radius 3 is 2.37 bits per heavy atom. The van der Waals surface area contributed by atoms with Gasteiger partial charge in [0.2, 0.25) is 5.91 Å². The van der Waals surface area contributed by atoms with Crippen molar-refractivity contribution >= 4 is 56.6 Å². The summed E-state index contributed by atoms with van der Waals surface area (Å²) in [4.78, 5) is 41.1. The van der Waals surface area contributed by atoms with Crippen LogP contribution in [0.25, 0.3) is 0 Å². The maximum atomic E-state index is 14.4. The van der Waals surface area contributed by atoms with Gasteiger partial charge in [-0.2, -0.15) is 10.2 Å². The lowest BCUT2D eigenvalue weighted by Gasteiger charge is -2.29. The van der Waals surface area contributed by atoms with E-state index in [2.05, 4.69) is 25.3 Å². The van der Waals surface area contributed by atoms with Crippen molar-refractivity contribution < 1.29 is 46.9 Å². The highest BCUT2D eigenvalue weighted by Crippen LogP contribution is 2.29. The van der Waals surface area contributed by atoms with Crippen molar-refractivity contribution in [1.29, 1.82) is 0 Å². The number of amides is 2. The van der Waals surface area contributed by atoms with Gasteiger partial charge >= 0.3 is 12.1 Å². The molecule has 2 fully saturated rings. The van der Waals surface area contributed by atoms with E-state index < -0.39 is 28.2 Å². The summed E-state index contributed by atoms with van der Waals surface area (Å²) in [6, 6.07) is 19.0. The summed E-state index contributed by atoms with van der Waals surface area (Å²) in [5.74, 6) is -2.03. The van der Waals surface area contributed by atoms with Crippen molar-refractivity contribution in [3.63, 3.8) is 0 Å². The number of ether oxygens (including phenoxy) is 2. The highest BCUT2D eigenvalue weighted by atomic mass is 32.2. The van der Waals surface area contributed by atoms with Gasteiger partial charge in [0.05, 0.1) is 53.9 Å². The number of anilines is 3. The number of morpholine rings is 1. The number of hydrogen-bond donors (Lipinski definition) is 4. The number of carboxylic acids is 1. The number of rotatable bonds is 10. The molecule has 0 aliphatic carbocycles. The first kappa shape index (κ1) is 37.1. The van der Waals surface area contributed by atoms with Crippen LogP contribution >= 0.6 is 0 Å². The van der Waals surface area contributed by atoms with E-state index in [1.54, 1.807) is 24.3 Å². The molecule has 0 unspecified atom stereocenters. The molecule has 2 amide bonds. The molecule has 3 aromatic carbocycles. The van der Waals surface area contributed by atoms with E-state index in [1.807, 2.05) is 4.90 Å². The zero-order chi connectivity index (χ0) is 37.3. The molecule has 0 spiro atoms. The number of pyridine rings is 1. The lowest BCUT2D eigenvalue weighted by Crippen LogP contribution is -2.36. The molecule has 2 aliphatic heterocycles. The minimum atomic E-state index is -3.79. The van der Waals surface area contributed by atoms with Crippen LogP contribution < -0.4 is 19.8 Å². The molecule has 0 saturated carbocycles. The van der Waals surface area contributed by atoms with Crippen LogP contribution in [0.15, 0.2) is 100 Å². The predicted octanol–water partition coefficient (Wildman–Crippen LogP) is 4.83. The third kappa shape index (κ3) is 9.76. The lowest BCUT2D eigenvalue weighted by molar-refractivity contribution is -0.119. The van der Waals surface area contributed by atoms with Crippen LogP contribution in [0.3, 0.4) is 0 Å². The van der Waals surface area contributed by atoms with Crippen LogP contribution in [0.1, 0.15) is 17.3 Å². The number of nitrogens with zero attached hydrogens (tertiary/aromatic N) is 5. The van der Waals surface area contributed by atoms with Crippen molar-refractivity contribution in [3.8, 4) is 5.75 Å². The van der Waals surface area contributed by atoms with Crippen LogP contribution in [0.2, 0.25) is 0 Å². The molecule has 0 radical (unpaired) electrons. The molecule has 16 nitrogen and oxygen atoms in total. The summed E-state index contributed by atoms with van der Waals surface area (Å²) in [7, 11) is -3.79. The number of benzene rings is 3. The topological polar surface area (TPSA) is 212 Å². The molecule has 1 aromatic heterocycles. The van der Waals surface area contributed by atoms with Crippen LogP contribution in [-0.4, -0.2) is 87.1 Å². The number of carbonyl (C=O) groups excluding carboxylic acids is 2. The Bertz CT molecular complexity index is 2050. The first-order valence-electron chi connectivity index (χ1n) is 15.8. The number of phenols is 1. The fourth-order valence-corrected chi connectivity index (χ4v) is 6.01. The van der Waals surface area contributed by atoms with Crippen LogP contribution in [0.4, 0.5) is 37.8 Å². The molecular weight excluding hydrogens is 701 g/mol. The zero-order valence-electron chi connectivity index (χ0n) is 27.7. The van der Waals surface area contributed by atoms with Gasteiger partial charge in [-0.1, -0.05) is 6.07 Å². The van der Waals surface area contributed by atoms with Crippen molar-refractivity contribution in [3.05, 3.63) is 96.4 Å². The van der Waals surface area contributed by atoms with Gasteiger partial charge in [-0.3, -0.25) is 14.4 Å². The standard InChI is InChI=1S/C18H14N4O5S.C16H20FN3O4/c23-16-9-6-13(11-15(16)18(24)25)21-20-12-4-7-14(8-5-12)28(26,27)22-17-3-1-2-10-19-17;1-11(21)18-9-13-10-20(16(22)24-13)12-2-3-15(14(17)8-12)19-4-6-23-7-5-19/h1-11,23H,(H,19,22)(H,24,25);2-3,8,13H,4-7,9-10H2,1H3,(H,18,21)/t;13-/m.0/s1. The fraction of sp³-hybridized carbons (Fsp3) is 0.235. The SMILES string of the molecule is CC(=O)NC[C@H]1CN(c2ccc(N3CCOCC3)c(F)c2)C(=O)O1.O=C(O)c1cc(N=Nc2ccc(S(=O)(=O)Nc3ccccn3)cc2)ccc1O. The molecule has 1 atom stereocenters. The molecule has 18 heteroatoms. The van der Waals surface area contributed by atoms with E-state index in [1.165, 1.54) is 72.6 Å². The molecular formula is C34H34FN7O9S. The molecule has 52 heavy (non-hydrogen) atoms. The quantitative estimate of drug-likeness (QED) is 0.162. The highest BCUT2D eigenvalue weighted by molar-refractivity contribution is 7.92. The maximum absolute atomic E-state index is 14.4. The van der Waals surface area contributed by atoms with E-state index in [-0.39, 0.29) is 52.5 Å². The number of azo groups is 1. The Hall–Kier alpha value is -6.14. The summed E-state index contributed by atoms with van der Waals surface area (Å²) in [5, 5.41) is 28.9. The predicted molar refractivity (Wildman–Crippen MR) is 186 cm³/mol. The number of aromatic hydroxyl groups is 1. The number of halogens is 1. The number of aromatic carboxylic acids is 1. The van der Waals surface area contributed by atoms with Gasteiger partial charge in [0, 0.05) is 26.2 Å². The Morgan fingerprint density at radius 2 is 1.71 bits per heavy atom. The largest absolute Gasteiger partial charge is 0.507 e. The lowest BCUT2D eigenvalue weighted by atomic mass is 10.2. The van der Waals surface area contributed by atoms with Gasteiger partial charge in [-0.15, -0.1) is 0 Å². The van der Waals surface area contributed by atoms with Gasteiger partial charge < -0.3 is 29.9 Å². The van der Waals surface area contributed by atoms with E-state index in [0.29, 0.717) is 43.4 Å². The van der Waals surface area contributed by atoms with Crippen molar-refractivity contribution in [1.82, 2.24) is 10.3 Å². The van der Waals surface area contributed by atoms with E-state index in [9.17, 15) is 32.3 Å². The maximum Gasteiger partial charge on any atom is 0.414 e. The number of hydrogen-bond acceptors (Lipinski definition) is 12. The summed E-state index contributed by atoms with van der Waals surface area (Å²) >= 11 is 0. The monoisotopic (exact) mass is 735 g/mol. The van der Waals surface area contributed by atoms with E-state index in [4.69, 9.17) is 14.6 Å². The molecule has 2 saturated heterocycles. The highest BCUT2D eigenvalue weighted by Gasteiger charge is 2.33. The second-order valence-electron chi connectivity index (χ2n) is 11.3. The summed E-state index contributed by atoms with van der Waals surface area (Å²) in [6.45, 7) is 4.34. The molecule has 272 valence electrons. The Morgan fingerprint density at radius 1 is 1.00 bits per heavy atom. The summed E-state index contributed by atoms with van der Waals surface area (Å²) < 4.78 is 51.9. The van der Waals surface area contributed by atoms with Crippen molar-refractivity contribution in [2.24, 2.45) is 10.2 Å². The van der Waals surface area contributed by atoms with Gasteiger partial charge in [0.1, 0.15) is 29.1 Å². The fourth-order valence-electron chi connectivity index (χ4n) is 5.01. The van der Waals surface area contributed by atoms with Crippen LogP contribution in [0, 0.1) is 5.82 Å². The number of sulfonamides is 1. The van der Waals surface area contributed by atoms with Gasteiger partial charge in [-0.05, 0) is 72.8 Å². The Balaban J connectivity index is 0.000000203. The molecule has 0 bridgehead atoms. The average molecular weight is 736 g/mol. The molecule has 3 heterocycles. The normalized spacial score (nSPS) is 15.8. The second kappa shape index (κ2) is 16.7. The first-order chi connectivity index (χ1) is 24.9. The molecule has 4 N–H and O–H groups in total. The number of carbonyl (C=O) groups is 3. The average Bonchev–Trinajstić information content (AvgIpc) is 3.51. The van der Waals surface area contributed by atoms with Gasteiger partial charge in [-0.25, -0.2) is 27.4 Å². The third-order valence-corrected chi connectivity index (χ3v) is 8.96. The minimum Gasteiger partial charge on any atom is -0.507 e. The number of aromatic nitrogens is 1. The van der Waals surface area contributed by atoms with Crippen molar-refractivity contribution in [2.45, 2.75) is 17.9 Å². The number of carboxylic acid groups (broad SMARTS) is 1. The molecule has 2 aliphatic rings. The molecule has 6 rings (SSSR count). The van der Waals surface area contributed by atoms with Gasteiger partial charge in [0.25, 0.3) is 10.0 Å². The van der Waals surface area contributed by atoms with Crippen LogP contribution in [-0.2, 0) is 24.3 Å². The van der Waals surface area contributed by atoms with Gasteiger partial charge in [0.15, 0.2) is 0 Å². The van der Waals surface area contributed by atoms with Crippen LogP contribution in [0.5, 0.6) is 5.75 Å². The minimum absolute atomic E-state index is 0.0231. The first-order valence-corrected chi connectivity index (χ1v) is 17.2. The van der Waals surface area contributed by atoms with E-state index in [0.717, 1.165) is 0 Å². The Labute approximate surface area is 297 Å². The third-order valence-electron chi connectivity index (χ3n) is 7.59. The Kier molecular flexibility index (Phi) is 11.9. The number of cyclic esters (lactones) is 1. The molecule has 4 aromatic rings. The second-order valence-corrected chi connectivity index (χ2v) is 13.0. The number of nitrogens with one attached hydrogen (secondary N) is 2. The smallest absolute Gasteiger partial charge is 0.414 e.